The Morgan fingerprint density at radius 2 is 1.47 bits per heavy atom. The second-order valence-corrected chi connectivity index (χ2v) is 9.95. The van der Waals surface area contributed by atoms with Gasteiger partial charge in [0.05, 0.1) is 11.4 Å². The number of hydrogen-bond acceptors (Lipinski definition) is 2. The number of rotatable bonds is 13. The molecule has 0 radical (unpaired) electrons. The number of halogens is 1. The highest BCUT2D eigenvalue weighted by molar-refractivity contribution is 5.59. The predicted octanol–water partition coefficient (Wildman–Crippen LogP) is 8.72. The van der Waals surface area contributed by atoms with Crippen LogP contribution in [0.15, 0.2) is 30.3 Å². The van der Waals surface area contributed by atoms with Gasteiger partial charge in [-0.2, -0.15) is 10.2 Å². The minimum Gasteiger partial charge on any atom is -0.207 e. The molecule has 1 heterocycles. The lowest BCUT2D eigenvalue weighted by Gasteiger charge is -2.28. The molecule has 1 aliphatic rings. The molecule has 1 saturated carbocycles. The fourth-order valence-corrected chi connectivity index (χ4v) is 5.13. The smallest absolute Gasteiger partial charge is 0.127 e. The lowest BCUT2D eigenvalue weighted by molar-refractivity contribution is 0.249. The topological polar surface area (TPSA) is 25.8 Å². The average Bonchev–Trinajstić information content (AvgIpc) is 2.83. The van der Waals surface area contributed by atoms with Crippen LogP contribution in [-0.4, -0.2) is 10.2 Å². The van der Waals surface area contributed by atoms with Gasteiger partial charge in [0, 0.05) is 5.56 Å². The minimum absolute atomic E-state index is 0.113. The van der Waals surface area contributed by atoms with Crippen molar-refractivity contribution in [2.45, 2.75) is 110 Å². The van der Waals surface area contributed by atoms with Crippen molar-refractivity contribution in [2.75, 3.05) is 0 Å². The summed E-state index contributed by atoms with van der Waals surface area (Å²) in [6, 6.07) is 9.63. The quantitative estimate of drug-likeness (QED) is 0.292. The van der Waals surface area contributed by atoms with Gasteiger partial charge in [0.15, 0.2) is 0 Å². The Morgan fingerprint density at radius 3 is 2.12 bits per heavy atom. The van der Waals surface area contributed by atoms with Gasteiger partial charge >= 0.3 is 0 Å². The minimum atomic E-state index is -0.113. The first-order valence-corrected chi connectivity index (χ1v) is 13.3. The van der Waals surface area contributed by atoms with Crippen LogP contribution in [0.3, 0.4) is 0 Å². The summed E-state index contributed by atoms with van der Waals surface area (Å²) in [7, 11) is 0. The molecular weight excluding hydrogens is 395 g/mol. The molecule has 176 valence electrons. The van der Waals surface area contributed by atoms with Gasteiger partial charge in [-0.1, -0.05) is 96.6 Å². The first kappa shape index (κ1) is 24.9. The van der Waals surface area contributed by atoms with E-state index in [0.717, 1.165) is 53.6 Å². The van der Waals surface area contributed by atoms with Crippen molar-refractivity contribution in [1.82, 2.24) is 10.2 Å². The van der Waals surface area contributed by atoms with Crippen LogP contribution in [0.2, 0.25) is 0 Å². The fraction of sp³-hybridized carbons (Fsp3) is 0.655. The first-order valence-electron chi connectivity index (χ1n) is 13.3. The summed E-state index contributed by atoms with van der Waals surface area (Å²) in [5.74, 6) is 1.70. The van der Waals surface area contributed by atoms with Gasteiger partial charge in [0.1, 0.15) is 5.82 Å². The second kappa shape index (κ2) is 13.7. The molecule has 0 N–H and O–H groups in total. The van der Waals surface area contributed by atoms with E-state index in [1.807, 2.05) is 18.2 Å². The summed E-state index contributed by atoms with van der Waals surface area (Å²) >= 11 is 0. The van der Waals surface area contributed by atoms with Gasteiger partial charge in [0.25, 0.3) is 0 Å². The van der Waals surface area contributed by atoms with Crippen LogP contribution in [0.25, 0.3) is 11.3 Å². The number of hydrogen-bond donors (Lipinski definition) is 0. The Morgan fingerprint density at radius 1 is 0.750 bits per heavy atom. The summed E-state index contributed by atoms with van der Waals surface area (Å²) in [4.78, 5) is 0. The fourth-order valence-electron chi connectivity index (χ4n) is 5.13. The predicted molar refractivity (Wildman–Crippen MR) is 133 cm³/mol. The Kier molecular flexibility index (Phi) is 10.6. The van der Waals surface area contributed by atoms with Gasteiger partial charge in [0.2, 0.25) is 0 Å². The zero-order valence-electron chi connectivity index (χ0n) is 20.4. The molecule has 0 aliphatic heterocycles. The summed E-state index contributed by atoms with van der Waals surface area (Å²) in [5.41, 5.74) is 3.46. The van der Waals surface area contributed by atoms with E-state index in [1.165, 1.54) is 77.0 Å². The van der Waals surface area contributed by atoms with E-state index in [0.29, 0.717) is 0 Å². The summed E-state index contributed by atoms with van der Waals surface area (Å²) < 4.78 is 14.6. The number of benzene rings is 1. The van der Waals surface area contributed by atoms with E-state index in [9.17, 15) is 4.39 Å². The van der Waals surface area contributed by atoms with Crippen molar-refractivity contribution in [3.8, 4) is 11.3 Å². The third kappa shape index (κ3) is 7.98. The molecule has 0 atom stereocenters. The molecule has 0 spiro atoms. The molecule has 2 aromatic rings. The van der Waals surface area contributed by atoms with E-state index < -0.39 is 0 Å². The highest BCUT2D eigenvalue weighted by Gasteiger charge is 2.20. The van der Waals surface area contributed by atoms with Crippen LogP contribution in [-0.2, 0) is 12.8 Å². The molecule has 3 rings (SSSR count). The maximum absolute atomic E-state index is 14.6. The molecule has 1 aliphatic carbocycles. The average molecular weight is 439 g/mol. The molecular formula is C29H43FN2. The normalized spacial score (nSPS) is 18.7. The van der Waals surface area contributed by atoms with Gasteiger partial charge in [-0.3, -0.25) is 0 Å². The molecule has 0 bridgehead atoms. The maximum atomic E-state index is 14.6. The van der Waals surface area contributed by atoms with Crippen molar-refractivity contribution in [3.63, 3.8) is 0 Å². The third-order valence-electron chi connectivity index (χ3n) is 7.36. The summed E-state index contributed by atoms with van der Waals surface area (Å²) in [6.45, 7) is 4.51. The van der Waals surface area contributed by atoms with Crippen molar-refractivity contribution < 1.29 is 4.39 Å². The largest absolute Gasteiger partial charge is 0.207 e. The Hall–Kier alpha value is -1.77. The van der Waals surface area contributed by atoms with Gasteiger partial charge in [-0.05, 0) is 61.3 Å². The number of aryl methyl sites for hydroxylation is 2. The summed E-state index contributed by atoms with van der Waals surface area (Å²) in [6.07, 6.45) is 18.8. The zero-order chi connectivity index (χ0) is 22.6. The molecule has 0 amide bonds. The van der Waals surface area contributed by atoms with Crippen molar-refractivity contribution >= 4 is 0 Å². The second-order valence-electron chi connectivity index (χ2n) is 9.95. The summed E-state index contributed by atoms with van der Waals surface area (Å²) in [5, 5.41) is 8.86. The molecule has 0 unspecified atom stereocenters. The standard InChI is InChI=1S/C29H43FN2/c1-3-5-7-8-9-11-25-17-18-26(22-28(25)30)29-21-20-27(31-32-29)19-16-24-14-12-23(13-15-24)10-6-4-2/h17-18,20-24H,3-16,19H2,1-2H3. The van der Waals surface area contributed by atoms with Gasteiger partial charge < -0.3 is 0 Å². The Bertz CT molecular complexity index is 778. The highest BCUT2D eigenvalue weighted by atomic mass is 19.1. The van der Waals surface area contributed by atoms with E-state index in [4.69, 9.17) is 0 Å². The number of nitrogens with zero attached hydrogens (tertiary/aromatic N) is 2. The first-order chi connectivity index (χ1) is 15.7. The molecule has 3 heteroatoms. The molecule has 1 aromatic heterocycles. The molecule has 32 heavy (non-hydrogen) atoms. The SMILES string of the molecule is CCCCCCCc1ccc(-c2ccc(CCC3CCC(CCCC)CC3)nn2)cc1F. The van der Waals surface area contributed by atoms with E-state index in [-0.39, 0.29) is 5.82 Å². The molecule has 1 aromatic carbocycles. The lowest BCUT2D eigenvalue weighted by Crippen LogP contribution is -2.15. The van der Waals surface area contributed by atoms with Crippen molar-refractivity contribution in [1.29, 1.82) is 0 Å². The number of unbranched alkanes of at least 4 members (excludes halogenated alkanes) is 5. The van der Waals surface area contributed by atoms with Crippen LogP contribution in [0.5, 0.6) is 0 Å². The third-order valence-corrected chi connectivity index (χ3v) is 7.36. The highest BCUT2D eigenvalue weighted by Crippen LogP contribution is 2.34. The van der Waals surface area contributed by atoms with Gasteiger partial charge in [-0.15, -0.1) is 0 Å². The zero-order valence-corrected chi connectivity index (χ0v) is 20.4. The maximum Gasteiger partial charge on any atom is 0.127 e. The van der Waals surface area contributed by atoms with Crippen LogP contribution >= 0.6 is 0 Å². The molecule has 2 nitrogen and oxygen atoms in total. The Balaban J connectivity index is 1.44. The van der Waals surface area contributed by atoms with Crippen molar-refractivity contribution in [2.24, 2.45) is 11.8 Å². The van der Waals surface area contributed by atoms with Crippen molar-refractivity contribution in [3.05, 3.63) is 47.4 Å². The molecule has 0 saturated heterocycles. The monoisotopic (exact) mass is 438 g/mol. The van der Waals surface area contributed by atoms with E-state index >= 15 is 0 Å². The number of aromatic nitrogens is 2. The van der Waals surface area contributed by atoms with Crippen LogP contribution in [0.1, 0.15) is 109 Å². The van der Waals surface area contributed by atoms with E-state index in [1.54, 1.807) is 6.07 Å². The van der Waals surface area contributed by atoms with Crippen LogP contribution in [0, 0.1) is 17.7 Å². The Labute approximate surface area is 195 Å². The molecule has 1 fully saturated rings. The van der Waals surface area contributed by atoms with Gasteiger partial charge in [-0.25, -0.2) is 4.39 Å². The van der Waals surface area contributed by atoms with Crippen LogP contribution < -0.4 is 0 Å². The lowest BCUT2D eigenvalue weighted by atomic mass is 9.78. The van der Waals surface area contributed by atoms with Crippen LogP contribution in [0.4, 0.5) is 4.39 Å². The van der Waals surface area contributed by atoms with E-state index in [2.05, 4.69) is 30.1 Å².